The molecular weight excluding hydrogens is 284 g/mol. The molecule has 0 N–H and O–H groups in total. The van der Waals surface area contributed by atoms with E-state index in [1.165, 1.54) is 28.5 Å². The van der Waals surface area contributed by atoms with E-state index in [9.17, 15) is 0 Å². The van der Waals surface area contributed by atoms with Gasteiger partial charge in [0.15, 0.2) is 0 Å². The molecule has 1 aromatic rings. The Bertz CT molecular complexity index is 344. The van der Waals surface area contributed by atoms with Crippen molar-refractivity contribution in [1.29, 1.82) is 0 Å². The van der Waals surface area contributed by atoms with E-state index in [-0.39, 0.29) is 0 Å². The van der Waals surface area contributed by atoms with Crippen molar-refractivity contribution >= 4 is 27.3 Å². The van der Waals surface area contributed by atoms with Crippen molar-refractivity contribution in [2.75, 3.05) is 13.1 Å². The summed E-state index contributed by atoms with van der Waals surface area (Å²) in [6.45, 7) is 9.96. The molecule has 0 amide bonds. The SMILES string of the molecule is Cc1nc(CN2CCC(C)C(Br)C2)sc1C. The maximum absolute atomic E-state index is 4.61. The van der Waals surface area contributed by atoms with Gasteiger partial charge in [-0.05, 0) is 32.7 Å². The van der Waals surface area contributed by atoms with Crippen LogP contribution in [-0.4, -0.2) is 27.8 Å². The molecule has 0 bridgehead atoms. The van der Waals surface area contributed by atoms with Crippen LogP contribution in [0.4, 0.5) is 0 Å². The summed E-state index contributed by atoms with van der Waals surface area (Å²) < 4.78 is 0. The largest absolute Gasteiger partial charge is 0.296 e. The van der Waals surface area contributed by atoms with E-state index in [1.807, 2.05) is 11.3 Å². The third-order valence-electron chi connectivity index (χ3n) is 3.38. The first-order valence-corrected chi connectivity index (χ1v) is 7.59. The second-order valence-electron chi connectivity index (χ2n) is 4.77. The second kappa shape index (κ2) is 5.15. The minimum Gasteiger partial charge on any atom is -0.296 e. The van der Waals surface area contributed by atoms with Crippen molar-refractivity contribution in [3.05, 3.63) is 15.6 Å². The van der Waals surface area contributed by atoms with Crippen LogP contribution in [0.5, 0.6) is 0 Å². The van der Waals surface area contributed by atoms with Crippen LogP contribution in [-0.2, 0) is 6.54 Å². The molecule has 0 aliphatic carbocycles. The van der Waals surface area contributed by atoms with Gasteiger partial charge in [-0.3, -0.25) is 4.90 Å². The number of aromatic nitrogens is 1. The number of thiazole rings is 1. The van der Waals surface area contributed by atoms with Gasteiger partial charge >= 0.3 is 0 Å². The normalized spacial score (nSPS) is 27.2. The number of nitrogens with zero attached hydrogens (tertiary/aromatic N) is 2. The minimum atomic E-state index is 0.642. The zero-order valence-electron chi connectivity index (χ0n) is 10.2. The molecule has 2 atom stereocenters. The Morgan fingerprint density at radius 1 is 1.50 bits per heavy atom. The Morgan fingerprint density at radius 2 is 2.25 bits per heavy atom. The lowest BCUT2D eigenvalue weighted by atomic mass is 9.99. The summed E-state index contributed by atoms with van der Waals surface area (Å²) in [6.07, 6.45) is 1.29. The highest BCUT2D eigenvalue weighted by atomic mass is 79.9. The van der Waals surface area contributed by atoms with Gasteiger partial charge in [0.05, 0.1) is 12.2 Å². The molecule has 2 heterocycles. The van der Waals surface area contributed by atoms with E-state index in [1.54, 1.807) is 0 Å². The van der Waals surface area contributed by atoms with Crippen LogP contribution in [0.1, 0.15) is 28.9 Å². The number of hydrogen-bond donors (Lipinski definition) is 0. The molecule has 0 spiro atoms. The Morgan fingerprint density at radius 3 is 2.81 bits per heavy atom. The first-order valence-electron chi connectivity index (χ1n) is 5.85. The predicted octanol–water partition coefficient (Wildman–Crippen LogP) is 3.37. The van der Waals surface area contributed by atoms with Crippen molar-refractivity contribution in [3.63, 3.8) is 0 Å². The maximum Gasteiger partial charge on any atom is 0.107 e. The van der Waals surface area contributed by atoms with Crippen LogP contribution in [0.25, 0.3) is 0 Å². The molecule has 2 unspecified atom stereocenters. The highest BCUT2D eigenvalue weighted by Gasteiger charge is 2.24. The van der Waals surface area contributed by atoms with E-state index in [4.69, 9.17) is 0 Å². The van der Waals surface area contributed by atoms with Gasteiger partial charge in [-0.25, -0.2) is 4.98 Å². The minimum absolute atomic E-state index is 0.642. The van der Waals surface area contributed by atoms with Gasteiger partial charge in [-0.1, -0.05) is 22.9 Å². The zero-order valence-corrected chi connectivity index (χ0v) is 12.6. The van der Waals surface area contributed by atoms with Gasteiger partial charge in [-0.2, -0.15) is 0 Å². The Labute approximate surface area is 110 Å². The topological polar surface area (TPSA) is 16.1 Å². The fourth-order valence-corrected chi connectivity index (χ4v) is 3.68. The Hall–Kier alpha value is 0.0700. The average Bonchev–Trinajstić information content (AvgIpc) is 2.52. The molecule has 16 heavy (non-hydrogen) atoms. The second-order valence-corrected chi connectivity index (χ2v) is 7.23. The van der Waals surface area contributed by atoms with Gasteiger partial charge in [0, 0.05) is 16.2 Å². The Balaban J connectivity index is 1.95. The maximum atomic E-state index is 4.61. The lowest BCUT2D eigenvalue weighted by Crippen LogP contribution is -2.39. The van der Waals surface area contributed by atoms with Crippen molar-refractivity contribution in [2.24, 2.45) is 5.92 Å². The lowest BCUT2D eigenvalue weighted by Gasteiger charge is -2.33. The van der Waals surface area contributed by atoms with Crippen LogP contribution >= 0.6 is 27.3 Å². The number of piperidine rings is 1. The molecule has 0 aromatic carbocycles. The van der Waals surface area contributed by atoms with E-state index in [0.717, 1.165) is 19.0 Å². The van der Waals surface area contributed by atoms with Crippen LogP contribution in [0.2, 0.25) is 0 Å². The molecular formula is C12H19BrN2S. The van der Waals surface area contributed by atoms with Crippen LogP contribution in [0, 0.1) is 19.8 Å². The molecule has 1 fully saturated rings. The molecule has 1 aliphatic rings. The van der Waals surface area contributed by atoms with E-state index in [2.05, 4.69) is 46.6 Å². The van der Waals surface area contributed by atoms with Crippen molar-refractivity contribution in [1.82, 2.24) is 9.88 Å². The van der Waals surface area contributed by atoms with E-state index in [0.29, 0.717) is 4.83 Å². The first kappa shape index (κ1) is 12.5. The molecule has 0 radical (unpaired) electrons. The molecule has 0 saturated carbocycles. The average molecular weight is 303 g/mol. The quantitative estimate of drug-likeness (QED) is 0.779. The van der Waals surface area contributed by atoms with Crippen LogP contribution < -0.4 is 0 Å². The third kappa shape index (κ3) is 2.84. The van der Waals surface area contributed by atoms with Gasteiger partial charge in [0.2, 0.25) is 0 Å². The Kier molecular flexibility index (Phi) is 4.03. The van der Waals surface area contributed by atoms with Gasteiger partial charge in [-0.15, -0.1) is 11.3 Å². The number of likely N-dealkylation sites (tertiary alicyclic amines) is 1. The summed E-state index contributed by atoms with van der Waals surface area (Å²) >= 11 is 5.61. The smallest absolute Gasteiger partial charge is 0.107 e. The van der Waals surface area contributed by atoms with Crippen LogP contribution in [0.3, 0.4) is 0 Å². The van der Waals surface area contributed by atoms with E-state index >= 15 is 0 Å². The summed E-state index contributed by atoms with van der Waals surface area (Å²) in [5, 5.41) is 1.27. The summed E-state index contributed by atoms with van der Waals surface area (Å²) in [4.78, 5) is 9.12. The van der Waals surface area contributed by atoms with Gasteiger partial charge in [0.25, 0.3) is 0 Å². The highest BCUT2D eigenvalue weighted by Crippen LogP contribution is 2.25. The van der Waals surface area contributed by atoms with Crippen molar-refractivity contribution < 1.29 is 0 Å². The fraction of sp³-hybridized carbons (Fsp3) is 0.750. The van der Waals surface area contributed by atoms with Crippen LogP contribution in [0.15, 0.2) is 0 Å². The number of alkyl halides is 1. The number of rotatable bonds is 2. The fourth-order valence-electron chi connectivity index (χ4n) is 2.03. The predicted molar refractivity (Wildman–Crippen MR) is 73.4 cm³/mol. The zero-order chi connectivity index (χ0) is 11.7. The summed E-state index contributed by atoms with van der Waals surface area (Å²) in [7, 11) is 0. The summed E-state index contributed by atoms with van der Waals surface area (Å²) in [5.41, 5.74) is 1.20. The standard InChI is InChI=1S/C12H19BrN2S/c1-8-4-5-15(6-11(8)13)7-12-14-9(2)10(3)16-12/h8,11H,4-7H2,1-3H3. The van der Waals surface area contributed by atoms with Gasteiger partial charge in [0.1, 0.15) is 5.01 Å². The molecule has 2 rings (SSSR count). The molecule has 90 valence electrons. The summed E-state index contributed by atoms with van der Waals surface area (Å²) in [5.74, 6) is 0.802. The van der Waals surface area contributed by atoms with Crippen molar-refractivity contribution in [2.45, 2.75) is 38.6 Å². The first-order chi connectivity index (χ1) is 7.56. The highest BCUT2D eigenvalue weighted by molar-refractivity contribution is 9.09. The number of hydrogen-bond acceptors (Lipinski definition) is 3. The van der Waals surface area contributed by atoms with Gasteiger partial charge < -0.3 is 0 Å². The van der Waals surface area contributed by atoms with Crippen molar-refractivity contribution in [3.8, 4) is 0 Å². The lowest BCUT2D eigenvalue weighted by molar-refractivity contribution is 0.194. The van der Waals surface area contributed by atoms with E-state index < -0.39 is 0 Å². The molecule has 1 aliphatic heterocycles. The molecule has 2 nitrogen and oxygen atoms in total. The number of halogens is 1. The third-order valence-corrected chi connectivity index (χ3v) is 5.63. The number of aryl methyl sites for hydroxylation is 2. The molecule has 1 aromatic heterocycles. The molecule has 1 saturated heterocycles. The summed E-state index contributed by atoms with van der Waals surface area (Å²) in [6, 6.07) is 0. The molecule has 4 heteroatoms. The monoisotopic (exact) mass is 302 g/mol.